The molecular formula is C12H18O4. The average Bonchev–Trinajstić information content (AvgIpc) is 2.33. The fraction of sp³-hybridized carbons (Fsp3) is 0.833. The van der Waals surface area contributed by atoms with Crippen LogP contribution in [-0.2, 0) is 14.2 Å². The van der Waals surface area contributed by atoms with Crippen molar-refractivity contribution in [2.75, 3.05) is 13.2 Å². The standard InChI is InChI=1S/C12H18O4/c13-11-4-2-8-15-12(11)6-5-9-10(16-12)3-1-7-14-9/h11,13H,1-8H2/t11-,12-/m1/s1. The largest absolute Gasteiger partial charge is 0.494 e. The molecule has 0 bridgehead atoms. The summed E-state index contributed by atoms with van der Waals surface area (Å²) in [5.74, 6) is 1.09. The average molecular weight is 226 g/mol. The van der Waals surface area contributed by atoms with E-state index in [1.165, 1.54) is 0 Å². The van der Waals surface area contributed by atoms with E-state index in [1.54, 1.807) is 0 Å². The Balaban J connectivity index is 1.82. The first kappa shape index (κ1) is 10.4. The molecule has 1 saturated heterocycles. The van der Waals surface area contributed by atoms with Crippen molar-refractivity contribution in [2.45, 2.75) is 50.4 Å². The minimum absolute atomic E-state index is 0.503. The summed E-state index contributed by atoms with van der Waals surface area (Å²) < 4.78 is 17.2. The zero-order valence-corrected chi connectivity index (χ0v) is 9.41. The van der Waals surface area contributed by atoms with Crippen molar-refractivity contribution in [2.24, 2.45) is 0 Å². The third-order valence-electron chi connectivity index (χ3n) is 3.61. The first-order valence-corrected chi connectivity index (χ1v) is 6.16. The molecule has 3 rings (SSSR count). The smallest absolute Gasteiger partial charge is 0.236 e. The van der Waals surface area contributed by atoms with Crippen molar-refractivity contribution in [3.05, 3.63) is 11.5 Å². The summed E-state index contributed by atoms with van der Waals surface area (Å²) in [6, 6.07) is 0. The zero-order valence-electron chi connectivity index (χ0n) is 9.41. The lowest BCUT2D eigenvalue weighted by Gasteiger charge is -2.45. The molecule has 16 heavy (non-hydrogen) atoms. The minimum Gasteiger partial charge on any atom is -0.494 e. The van der Waals surface area contributed by atoms with Gasteiger partial charge in [-0.05, 0) is 19.3 Å². The minimum atomic E-state index is -0.780. The Kier molecular flexibility index (Phi) is 2.56. The molecular weight excluding hydrogens is 208 g/mol. The van der Waals surface area contributed by atoms with Crippen molar-refractivity contribution in [3.63, 3.8) is 0 Å². The van der Waals surface area contributed by atoms with Gasteiger partial charge in [0.25, 0.3) is 0 Å². The molecule has 0 aliphatic carbocycles. The van der Waals surface area contributed by atoms with E-state index in [4.69, 9.17) is 14.2 Å². The molecule has 0 aromatic carbocycles. The molecule has 90 valence electrons. The molecule has 3 aliphatic heterocycles. The van der Waals surface area contributed by atoms with Gasteiger partial charge in [-0.15, -0.1) is 0 Å². The van der Waals surface area contributed by atoms with Gasteiger partial charge in [0.05, 0.1) is 13.2 Å². The highest BCUT2D eigenvalue weighted by molar-refractivity contribution is 5.11. The molecule has 4 heteroatoms. The number of aliphatic hydroxyl groups is 1. The van der Waals surface area contributed by atoms with Gasteiger partial charge in [-0.3, -0.25) is 0 Å². The van der Waals surface area contributed by atoms with Gasteiger partial charge in [0.15, 0.2) is 0 Å². The fourth-order valence-electron chi connectivity index (χ4n) is 2.69. The number of hydrogen-bond acceptors (Lipinski definition) is 4. The molecule has 0 aromatic heterocycles. The summed E-state index contributed by atoms with van der Waals surface area (Å²) in [4.78, 5) is 0. The van der Waals surface area contributed by atoms with Crippen molar-refractivity contribution >= 4 is 0 Å². The Labute approximate surface area is 95.2 Å². The topological polar surface area (TPSA) is 47.9 Å². The molecule has 3 aliphatic rings. The Bertz CT molecular complexity index is 312. The zero-order chi connectivity index (χ0) is 11.0. The number of ether oxygens (including phenoxy) is 3. The number of rotatable bonds is 0. The van der Waals surface area contributed by atoms with E-state index >= 15 is 0 Å². The van der Waals surface area contributed by atoms with Crippen LogP contribution in [0.15, 0.2) is 11.5 Å². The quantitative estimate of drug-likeness (QED) is 0.682. The number of aliphatic hydroxyl groups excluding tert-OH is 1. The molecule has 0 unspecified atom stereocenters. The predicted octanol–water partition coefficient (Wildman–Crippen LogP) is 1.69. The van der Waals surface area contributed by atoms with Gasteiger partial charge in [-0.25, -0.2) is 0 Å². The highest BCUT2D eigenvalue weighted by Gasteiger charge is 2.47. The maximum atomic E-state index is 10.1. The third-order valence-corrected chi connectivity index (χ3v) is 3.61. The van der Waals surface area contributed by atoms with E-state index < -0.39 is 11.9 Å². The van der Waals surface area contributed by atoms with Gasteiger partial charge in [-0.2, -0.15) is 0 Å². The van der Waals surface area contributed by atoms with Crippen molar-refractivity contribution in [3.8, 4) is 0 Å². The van der Waals surface area contributed by atoms with E-state index in [9.17, 15) is 5.11 Å². The van der Waals surface area contributed by atoms with Gasteiger partial charge in [-0.1, -0.05) is 0 Å². The lowest BCUT2D eigenvalue weighted by atomic mass is 9.93. The second kappa shape index (κ2) is 3.93. The van der Waals surface area contributed by atoms with Gasteiger partial charge in [0, 0.05) is 19.3 Å². The van der Waals surface area contributed by atoms with Gasteiger partial charge >= 0.3 is 0 Å². The van der Waals surface area contributed by atoms with Crippen LogP contribution in [-0.4, -0.2) is 30.2 Å². The fourth-order valence-corrected chi connectivity index (χ4v) is 2.69. The number of hydrogen-bond donors (Lipinski definition) is 1. The van der Waals surface area contributed by atoms with Crippen molar-refractivity contribution in [1.82, 2.24) is 0 Å². The van der Waals surface area contributed by atoms with Gasteiger partial charge in [0.2, 0.25) is 5.79 Å². The van der Waals surface area contributed by atoms with Crippen LogP contribution in [0.2, 0.25) is 0 Å². The second-order valence-electron chi connectivity index (χ2n) is 4.72. The molecule has 3 heterocycles. The number of allylic oxidation sites excluding steroid dienone is 2. The van der Waals surface area contributed by atoms with Crippen LogP contribution in [0.4, 0.5) is 0 Å². The van der Waals surface area contributed by atoms with Crippen molar-refractivity contribution < 1.29 is 19.3 Å². The molecule has 1 spiro atoms. The van der Waals surface area contributed by atoms with E-state index in [0.29, 0.717) is 13.0 Å². The van der Waals surface area contributed by atoms with Crippen LogP contribution in [0.5, 0.6) is 0 Å². The molecule has 0 saturated carbocycles. The summed E-state index contributed by atoms with van der Waals surface area (Å²) >= 11 is 0. The van der Waals surface area contributed by atoms with Crippen LogP contribution < -0.4 is 0 Å². The monoisotopic (exact) mass is 226 g/mol. The van der Waals surface area contributed by atoms with Crippen LogP contribution >= 0.6 is 0 Å². The van der Waals surface area contributed by atoms with Gasteiger partial charge in [0.1, 0.15) is 17.6 Å². The lowest BCUT2D eigenvalue weighted by molar-refractivity contribution is -0.297. The third kappa shape index (κ3) is 1.60. The summed E-state index contributed by atoms with van der Waals surface area (Å²) in [6.45, 7) is 1.47. The summed E-state index contributed by atoms with van der Waals surface area (Å²) in [5.41, 5.74) is 0. The van der Waals surface area contributed by atoms with E-state index in [2.05, 4.69) is 0 Å². The van der Waals surface area contributed by atoms with Gasteiger partial charge < -0.3 is 19.3 Å². The normalized spacial score (nSPS) is 38.9. The molecule has 0 radical (unpaired) electrons. The Hall–Kier alpha value is -0.740. The van der Waals surface area contributed by atoms with Crippen LogP contribution in [0.1, 0.15) is 38.5 Å². The first-order chi connectivity index (χ1) is 7.80. The van der Waals surface area contributed by atoms with Crippen molar-refractivity contribution in [1.29, 1.82) is 0 Å². The highest BCUT2D eigenvalue weighted by atomic mass is 16.7. The lowest BCUT2D eigenvalue weighted by Crippen LogP contribution is -2.52. The molecule has 0 aromatic rings. The Morgan fingerprint density at radius 1 is 1.12 bits per heavy atom. The highest BCUT2D eigenvalue weighted by Crippen LogP contribution is 2.41. The van der Waals surface area contributed by atoms with Crippen LogP contribution in [0, 0.1) is 0 Å². The SMILES string of the molecule is O[C@@H]1CCCO[C@@]12CCC1=C(CCCO1)O2. The maximum absolute atomic E-state index is 10.1. The summed E-state index contributed by atoms with van der Waals surface area (Å²) in [7, 11) is 0. The Morgan fingerprint density at radius 3 is 2.94 bits per heavy atom. The van der Waals surface area contributed by atoms with Crippen LogP contribution in [0.3, 0.4) is 0 Å². The second-order valence-corrected chi connectivity index (χ2v) is 4.72. The molecule has 0 amide bonds. The Morgan fingerprint density at radius 2 is 2.06 bits per heavy atom. The predicted molar refractivity (Wildman–Crippen MR) is 56.5 cm³/mol. The van der Waals surface area contributed by atoms with E-state index in [1.807, 2.05) is 0 Å². The molecule has 2 atom stereocenters. The first-order valence-electron chi connectivity index (χ1n) is 6.16. The summed E-state index contributed by atoms with van der Waals surface area (Å²) in [5, 5.41) is 10.1. The molecule has 4 nitrogen and oxygen atoms in total. The summed E-state index contributed by atoms with van der Waals surface area (Å²) in [6.07, 6.45) is 4.60. The van der Waals surface area contributed by atoms with E-state index in [0.717, 1.165) is 50.2 Å². The van der Waals surface area contributed by atoms with E-state index in [-0.39, 0.29) is 0 Å². The maximum Gasteiger partial charge on any atom is 0.236 e. The van der Waals surface area contributed by atoms with Crippen LogP contribution in [0.25, 0.3) is 0 Å². The molecule has 1 N–H and O–H groups in total. The molecule has 1 fully saturated rings.